The van der Waals surface area contributed by atoms with Gasteiger partial charge in [0.25, 0.3) is 11.6 Å². The molecule has 1 atom stereocenters. The van der Waals surface area contributed by atoms with Crippen LogP contribution in [0.4, 0.5) is 5.69 Å². The van der Waals surface area contributed by atoms with Crippen LogP contribution in [0.25, 0.3) is 0 Å². The summed E-state index contributed by atoms with van der Waals surface area (Å²) in [6.45, 7) is 3.38. The molecular formula is C18H20N2O5. The second-order valence-electron chi connectivity index (χ2n) is 5.53. The zero-order chi connectivity index (χ0) is 18.6. The minimum atomic E-state index is -0.541. The van der Waals surface area contributed by atoms with Crippen molar-refractivity contribution in [2.24, 2.45) is 0 Å². The number of amides is 1. The number of nitrogens with one attached hydrogen (secondary N) is 1. The second-order valence-corrected chi connectivity index (χ2v) is 5.53. The molecule has 2 aromatic carbocycles. The van der Waals surface area contributed by atoms with Gasteiger partial charge in [0.2, 0.25) is 0 Å². The van der Waals surface area contributed by atoms with Gasteiger partial charge in [-0.25, -0.2) is 0 Å². The largest absolute Gasteiger partial charge is 0.497 e. The highest BCUT2D eigenvalue weighted by atomic mass is 16.6. The highest BCUT2D eigenvalue weighted by molar-refractivity contribution is 5.98. The zero-order valence-electron chi connectivity index (χ0n) is 14.5. The summed E-state index contributed by atoms with van der Waals surface area (Å²) < 4.78 is 10.5. The highest BCUT2D eigenvalue weighted by Gasteiger charge is 2.24. The van der Waals surface area contributed by atoms with Crippen LogP contribution in [0.1, 0.15) is 34.5 Å². The Morgan fingerprint density at radius 3 is 2.52 bits per heavy atom. The van der Waals surface area contributed by atoms with E-state index in [0.29, 0.717) is 22.6 Å². The van der Waals surface area contributed by atoms with Crippen LogP contribution in [0.3, 0.4) is 0 Å². The number of rotatable bonds is 6. The number of methoxy groups -OCH3 is 2. The molecular weight excluding hydrogens is 324 g/mol. The minimum Gasteiger partial charge on any atom is -0.497 e. The Kier molecular flexibility index (Phi) is 5.59. The zero-order valence-corrected chi connectivity index (χ0v) is 14.5. The van der Waals surface area contributed by atoms with Crippen molar-refractivity contribution < 1.29 is 19.2 Å². The summed E-state index contributed by atoms with van der Waals surface area (Å²) in [4.78, 5) is 23.3. The van der Waals surface area contributed by atoms with Crippen LogP contribution in [0.5, 0.6) is 11.5 Å². The van der Waals surface area contributed by atoms with Gasteiger partial charge in [0.15, 0.2) is 0 Å². The van der Waals surface area contributed by atoms with Crippen LogP contribution in [-0.4, -0.2) is 25.1 Å². The van der Waals surface area contributed by atoms with Gasteiger partial charge in [-0.05, 0) is 38.1 Å². The van der Waals surface area contributed by atoms with E-state index in [1.807, 2.05) is 0 Å². The predicted octanol–water partition coefficient (Wildman–Crippen LogP) is 3.41. The SMILES string of the molecule is COc1ccc(OC)c(C(C)NC(=O)c2cccc(C)c2[N+](=O)[O-])c1. The Morgan fingerprint density at radius 2 is 1.92 bits per heavy atom. The number of nitro benzene ring substituents is 1. The fourth-order valence-corrected chi connectivity index (χ4v) is 2.61. The van der Waals surface area contributed by atoms with Gasteiger partial charge in [-0.1, -0.05) is 12.1 Å². The first-order valence-corrected chi connectivity index (χ1v) is 7.65. The Hall–Kier alpha value is -3.09. The molecule has 7 heteroatoms. The number of carbonyl (C=O) groups excluding carboxylic acids is 1. The van der Waals surface area contributed by atoms with Crippen LogP contribution in [0.15, 0.2) is 36.4 Å². The molecule has 0 heterocycles. The number of nitrogens with zero attached hydrogens (tertiary/aromatic N) is 1. The average molecular weight is 344 g/mol. The molecule has 0 aliphatic carbocycles. The normalized spacial score (nSPS) is 11.5. The van der Waals surface area contributed by atoms with Gasteiger partial charge in [-0.15, -0.1) is 0 Å². The quantitative estimate of drug-likeness (QED) is 0.640. The van der Waals surface area contributed by atoms with Crippen molar-refractivity contribution in [3.05, 3.63) is 63.2 Å². The van der Waals surface area contributed by atoms with Crippen molar-refractivity contribution in [2.45, 2.75) is 19.9 Å². The van der Waals surface area contributed by atoms with Gasteiger partial charge in [-0.2, -0.15) is 0 Å². The van der Waals surface area contributed by atoms with Crippen LogP contribution in [0, 0.1) is 17.0 Å². The maximum Gasteiger partial charge on any atom is 0.285 e. The van der Waals surface area contributed by atoms with E-state index in [0.717, 1.165) is 0 Å². The third-order valence-electron chi connectivity index (χ3n) is 3.92. The molecule has 25 heavy (non-hydrogen) atoms. The van der Waals surface area contributed by atoms with Gasteiger partial charge in [0.1, 0.15) is 17.1 Å². The summed E-state index contributed by atoms with van der Waals surface area (Å²) in [5.41, 5.74) is 0.985. The lowest BCUT2D eigenvalue weighted by Gasteiger charge is -2.18. The molecule has 0 saturated carbocycles. The first kappa shape index (κ1) is 18.3. The first-order valence-electron chi connectivity index (χ1n) is 7.65. The lowest BCUT2D eigenvalue weighted by molar-refractivity contribution is -0.385. The van der Waals surface area contributed by atoms with E-state index in [-0.39, 0.29) is 11.3 Å². The number of nitro groups is 1. The summed E-state index contributed by atoms with van der Waals surface area (Å²) in [6.07, 6.45) is 0. The number of para-hydroxylation sites is 1. The third-order valence-corrected chi connectivity index (χ3v) is 3.92. The number of hydrogen-bond donors (Lipinski definition) is 1. The van der Waals surface area contributed by atoms with Gasteiger partial charge in [0, 0.05) is 11.1 Å². The molecule has 0 aromatic heterocycles. The Balaban J connectivity index is 2.33. The van der Waals surface area contributed by atoms with Crippen LogP contribution < -0.4 is 14.8 Å². The molecule has 0 aliphatic heterocycles. The van der Waals surface area contributed by atoms with Crippen molar-refractivity contribution in [3.63, 3.8) is 0 Å². The molecule has 2 aromatic rings. The minimum absolute atomic E-state index is 0.0266. The summed E-state index contributed by atoms with van der Waals surface area (Å²) in [6, 6.07) is 9.48. The molecule has 1 amide bonds. The topological polar surface area (TPSA) is 90.7 Å². The fourth-order valence-electron chi connectivity index (χ4n) is 2.61. The van der Waals surface area contributed by atoms with Gasteiger partial charge in [0.05, 0.1) is 25.2 Å². The van der Waals surface area contributed by atoms with Gasteiger partial charge < -0.3 is 14.8 Å². The average Bonchev–Trinajstić information content (AvgIpc) is 2.60. The summed E-state index contributed by atoms with van der Waals surface area (Å²) in [5, 5.41) is 14.1. The van der Waals surface area contributed by atoms with Gasteiger partial charge in [-0.3, -0.25) is 14.9 Å². The smallest absolute Gasteiger partial charge is 0.285 e. The number of ether oxygens (including phenoxy) is 2. The number of benzene rings is 2. The van der Waals surface area contributed by atoms with E-state index < -0.39 is 16.9 Å². The van der Waals surface area contributed by atoms with Gasteiger partial charge >= 0.3 is 0 Å². The third kappa shape index (κ3) is 3.88. The molecule has 0 fully saturated rings. The van der Waals surface area contributed by atoms with E-state index in [1.165, 1.54) is 13.2 Å². The standard InChI is InChI=1S/C18H20N2O5/c1-11-6-5-7-14(17(11)20(22)23)18(21)19-12(2)15-10-13(24-3)8-9-16(15)25-4/h5-10,12H,1-4H3,(H,19,21). The lowest BCUT2D eigenvalue weighted by Crippen LogP contribution is -2.27. The monoisotopic (exact) mass is 344 g/mol. The molecule has 0 bridgehead atoms. The molecule has 0 aliphatic rings. The Labute approximate surface area is 145 Å². The van der Waals surface area contributed by atoms with Crippen molar-refractivity contribution in [1.82, 2.24) is 5.32 Å². The lowest BCUT2D eigenvalue weighted by atomic mass is 10.0. The van der Waals surface area contributed by atoms with Crippen molar-refractivity contribution >= 4 is 11.6 Å². The predicted molar refractivity (Wildman–Crippen MR) is 93.3 cm³/mol. The molecule has 132 valence electrons. The first-order chi connectivity index (χ1) is 11.9. The van der Waals surface area contributed by atoms with Crippen LogP contribution >= 0.6 is 0 Å². The summed E-state index contributed by atoms with van der Waals surface area (Å²) in [5.74, 6) is 0.693. The second kappa shape index (κ2) is 7.65. The van der Waals surface area contributed by atoms with Crippen LogP contribution in [-0.2, 0) is 0 Å². The maximum atomic E-state index is 12.6. The number of aryl methyl sites for hydroxylation is 1. The van der Waals surface area contributed by atoms with E-state index in [1.54, 1.807) is 51.3 Å². The molecule has 7 nitrogen and oxygen atoms in total. The molecule has 0 spiro atoms. The molecule has 1 N–H and O–H groups in total. The number of carbonyl (C=O) groups is 1. The van der Waals surface area contributed by atoms with E-state index in [9.17, 15) is 14.9 Å². The Bertz CT molecular complexity index is 804. The molecule has 0 saturated heterocycles. The molecule has 1 unspecified atom stereocenters. The molecule has 2 rings (SSSR count). The fraction of sp³-hybridized carbons (Fsp3) is 0.278. The summed E-state index contributed by atoms with van der Waals surface area (Å²) >= 11 is 0. The Morgan fingerprint density at radius 1 is 1.20 bits per heavy atom. The van der Waals surface area contributed by atoms with Crippen molar-refractivity contribution in [3.8, 4) is 11.5 Å². The van der Waals surface area contributed by atoms with E-state index in [4.69, 9.17) is 9.47 Å². The molecule has 0 radical (unpaired) electrons. The van der Waals surface area contributed by atoms with Crippen molar-refractivity contribution in [1.29, 1.82) is 0 Å². The van der Waals surface area contributed by atoms with E-state index >= 15 is 0 Å². The van der Waals surface area contributed by atoms with Crippen LogP contribution in [0.2, 0.25) is 0 Å². The highest BCUT2D eigenvalue weighted by Crippen LogP contribution is 2.30. The summed E-state index contributed by atoms with van der Waals surface area (Å²) in [7, 11) is 3.08. The number of hydrogen-bond acceptors (Lipinski definition) is 5. The van der Waals surface area contributed by atoms with Crippen molar-refractivity contribution in [2.75, 3.05) is 14.2 Å². The maximum absolute atomic E-state index is 12.6. The van der Waals surface area contributed by atoms with E-state index in [2.05, 4.69) is 5.32 Å².